The lowest BCUT2D eigenvalue weighted by Crippen LogP contribution is -2.28. The average molecular weight is 431 g/mol. The Morgan fingerprint density at radius 1 is 1.17 bits per heavy atom. The molecule has 0 spiro atoms. The van der Waals surface area contributed by atoms with E-state index < -0.39 is 10.0 Å². The molecule has 1 atom stereocenters. The van der Waals surface area contributed by atoms with E-state index in [1.807, 2.05) is 38.1 Å². The van der Waals surface area contributed by atoms with Crippen LogP contribution in [0.2, 0.25) is 0 Å². The third-order valence-corrected chi connectivity index (χ3v) is 7.50. The number of methoxy groups -OCH3 is 1. The number of nitrogens with one attached hydrogen (secondary N) is 1. The summed E-state index contributed by atoms with van der Waals surface area (Å²) in [6.07, 6.45) is 2.43. The van der Waals surface area contributed by atoms with Crippen molar-refractivity contribution in [3.63, 3.8) is 0 Å². The van der Waals surface area contributed by atoms with Gasteiger partial charge in [0.05, 0.1) is 18.0 Å². The SMILES string of the molecule is COc1ccc(S(=O)(=O)N2CCCC2)cc1CCC(=O)NC(C)c1ccccc1C. The second-order valence-corrected chi connectivity index (χ2v) is 9.67. The molecule has 1 heterocycles. The highest BCUT2D eigenvalue weighted by atomic mass is 32.2. The molecule has 1 saturated heterocycles. The molecule has 6 nitrogen and oxygen atoms in total. The van der Waals surface area contributed by atoms with Gasteiger partial charge in [0.25, 0.3) is 0 Å². The number of sulfonamides is 1. The van der Waals surface area contributed by atoms with Crippen LogP contribution in [0.5, 0.6) is 5.75 Å². The summed E-state index contributed by atoms with van der Waals surface area (Å²) in [6.45, 7) is 5.10. The van der Waals surface area contributed by atoms with Crippen molar-refractivity contribution in [3.05, 3.63) is 59.2 Å². The molecule has 0 bridgehead atoms. The van der Waals surface area contributed by atoms with E-state index in [0.717, 1.165) is 29.5 Å². The van der Waals surface area contributed by atoms with Crippen LogP contribution >= 0.6 is 0 Å². The van der Waals surface area contributed by atoms with Crippen LogP contribution in [-0.4, -0.2) is 38.8 Å². The molecule has 30 heavy (non-hydrogen) atoms. The molecular weight excluding hydrogens is 400 g/mol. The molecule has 1 aliphatic rings. The number of hydrogen-bond donors (Lipinski definition) is 1. The van der Waals surface area contributed by atoms with Crippen molar-refractivity contribution < 1.29 is 17.9 Å². The summed E-state index contributed by atoms with van der Waals surface area (Å²) in [5, 5.41) is 3.03. The van der Waals surface area contributed by atoms with Crippen molar-refractivity contribution in [1.29, 1.82) is 0 Å². The first-order valence-corrected chi connectivity index (χ1v) is 11.8. The van der Waals surface area contributed by atoms with Gasteiger partial charge in [-0.1, -0.05) is 24.3 Å². The van der Waals surface area contributed by atoms with Crippen LogP contribution in [0.15, 0.2) is 47.4 Å². The van der Waals surface area contributed by atoms with Gasteiger partial charge in [0.15, 0.2) is 0 Å². The molecule has 0 aliphatic carbocycles. The minimum absolute atomic E-state index is 0.0828. The van der Waals surface area contributed by atoms with Gasteiger partial charge in [0.1, 0.15) is 5.75 Å². The van der Waals surface area contributed by atoms with Crippen LogP contribution in [0, 0.1) is 6.92 Å². The lowest BCUT2D eigenvalue weighted by atomic mass is 10.0. The summed E-state index contributed by atoms with van der Waals surface area (Å²) in [5.41, 5.74) is 2.94. The molecule has 3 rings (SSSR count). The van der Waals surface area contributed by atoms with Gasteiger partial charge >= 0.3 is 0 Å². The minimum atomic E-state index is -3.51. The summed E-state index contributed by atoms with van der Waals surface area (Å²) in [4.78, 5) is 12.8. The zero-order valence-electron chi connectivity index (χ0n) is 17.8. The van der Waals surface area contributed by atoms with Gasteiger partial charge in [0, 0.05) is 19.5 Å². The number of hydrogen-bond acceptors (Lipinski definition) is 4. The Kier molecular flexibility index (Phi) is 7.15. The minimum Gasteiger partial charge on any atom is -0.496 e. The molecule has 2 aromatic rings. The standard InChI is InChI=1S/C23H30N2O4S/c1-17-8-4-5-9-21(17)18(2)24-23(26)13-10-19-16-20(11-12-22(19)29-3)30(27,28)25-14-6-7-15-25/h4-5,8-9,11-12,16,18H,6-7,10,13-15H2,1-3H3,(H,24,26). The Morgan fingerprint density at radius 3 is 2.53 bits per heavy atom. The van der Waals surface area contributed by atoms with Crippen LogP contribution in [0.1, 0.15) is 48.9 Å². The molecule has 0 saturated carbocycles. The second kappa shape index (κ2) is 9.62. The summed E-state index contributed by atoms with van der Waals surface area (Å²) >= 11 is 0. The third kappa shape index (κ3) is 5.02. The molecule has 1 unspecified atom stereocenters. The van der Waals surface area contributed by atoms with E-state index in [2.05, 4.69) is 5.32 Å². The fourth-order valence-electron chi connectivity index (χ4n) is 3.90. The summed E-state index contributed by atoms with van der Waals surface area (Å²) in [7, 11) is -1.96. The maximum atomic E-state index is 12.9. The monoisotopic (exact) mass is 430 g/mol. The Hall–Kier alpha value is -2.38. The summed E-state index contributed by atoms with van der Waals surface area (Å²) in [5.74, 6) is 0.510. The van der Waals surface area contributed by atoms with Gasteiger partial charge < -0.3 is 10.1 Å². The van der Waals surface area contributed by atoms with E-state index in [0.29, 0.717) is 25.3 Å². The van der Waals surface area contributed by atoms with Crippen molar-refractivity contribution in [3.8, 4) is 5.75 Å². The van der Waals surface area contributed by atoms with Gasteiger partial charge in [-0.05, 0) is 68.0 Å². The van der Waals surface area contributed by atoms with Crippen LogP contribution in [0.3, 0.4) is 0 Å². The molecule has 0 aromatic heterocycles. The lowest BCUT2D eigenvalue weighted by molar-refractivity contribution is -0.121. The molecule has 2 aromatic carbocycles. The van der Waals surface area contributed by atoms with E-state index in [9.17, 15) is 13.2 Å². The fourth-order valence-corrected chi connectivity index (χ4v) is 5.47. The Morgan fingerprint density at radius 2 is 1.87 bits per heavy atom. The predicted molar refractivity (Wildman–Crippen MR) is 117 cm³/mol. The zero-order valence-corrected chi connectivity index (χ0v) is 18.7. The van der Waals surface area contributed by atoms with Gasteiger partial charge in [0.2, 0.25) is 15.9 Å². The van der Waals surface area contributed by atoms with E-state index >= 15 is 0 Å². The van der Waals surface area contributed by atoms with Crippen LogP contribution in [0.4, 0.5) is 0 Å². The normalized spacial score (nSPS) is 15.7. The van der Waals surface area contributed by atoms with Crippen LogP contribution in [0.25, 0.3) is 0 Å². The van der Waals surface area contributed by atoms with Crippen LogP contribution in [-0.2, 0) is 21.2 Å². The van der Waals surface area contributed by atoms with Crippen molar-refractivity contribution in [2.24, 2.45) is 0 Å². The van der Waals surface area contributed by atoms with Gasteiger partial charge in [-0.25, -0.2) is 8.42 Å². The maximum absolute atomic E-state index is 12.9. The average Bonchev–Trinajstić information content (AvgIpc) is 3.28. The highest BCUT2D eigenvalue weighted by molar-refractivity contribution is 7.89. The predicted octanol–water partition coefficient (Wildman–Crippen LogP) is 3.60. The second-order valence-electron chi connectivity index (χ2n) is 7.73. The molecule has 1 N–H and O–H groups in total. The summed E-state index contributed by atoms with van der Waals surface area (Å²) in [6, 6.07) is 12.8. The van der Waals surface area contributed by atoms with Crippen molar-refractivity contribution in [2.75, 3.05) is 20.2 Å². The molecule has 1 fully saturated rings. The zero-order chi connectivity index (χ0) is 21.7. The van der Waals surface area contributed by atoms with Crippen molar-refractivity contribution in [2.45, 2.75) is 50.5 Å². The molecule has 0 radical (unpaired) electrons. The van der Waals surface area contributed by atoms with Gasteiger partial charge in [-0.3, -0.25) is 4.79 Å². The van der Waals surface area contributed by atoms with Gasteiger partial charge in [-0.2, -0.15) is 4.31 Å². The Labute approximate surface area is 179 Å². The molecule has 162 valence electrons. The van der Waals surface area contributed by atoms with E-state index in [1.54, 1.807) is 25.3 Å². The molecule has 1 amide bonds. The topological polar surface area (TPSA) is 75.7 Å². The molecule has 7 heteroatoms. The molecule has 1 aliphatic heterocycles. The van der Waals surface area contributed by atoms with E-state index in [1.165, 1.54) is 4.31 Å². The maximum Gasteiger partial charge on any atom is 0.243 e. The number of amides is 1. The number of rotatable bonds is 8. The quantitative estimate of drug-likeness (QED) is 0.694. The van der Waals surface area contributed by atoms with Crippen molar-refractivity contribution >= 4 is 15.9 Å². The first-order valence-electron chi connectivity index (χ1n) is 10.3. The molecular formula is C23H30N2O4S. The van der Waals surface area contributed by atoms with E-state index in [-0.39, 0.29) is 23.3 Å². The van der Waals surface area contributed by atoms with Crippen molar-refractivity contribution in [1.82, 2.24) is 9.62 Å². The number of nitrogens with zero attached hydrogens (tertiary/aromatic N) is 1. The first kappa shape index (κ1) is 22.3. The number of benzene rings is 2. The third-order valence-electron chi connectivity index (χ3n) is 5.61. The van der Waals surface area contributed by atoms with E-state index in [4.69, 9.17) is 4.74 Å². The number of aryl methyl sites for hydroxylation is 2. The first-order chi connectivity index (χ1) is 14.3. The number of carbonyl (C=O) groups excluding carboxylic acids is 1. The van der Waals surface area contributed by atoms with Gasteiger partial charge in [-0.15, -0.1) is 0 Å². The number of ether oxygens (including phenoxy) is 1. The largest absolute Gasteiger partial charge is 0.496 e. The highest BCUT2D eigenvalue weighted by Gasteiger charge is 2.27. The highest BCUT2D eigenvalue weighted by Crippen LogP contribution is 2.27. The summed E-state index contributed by atoms with van der Waals surface area (Å²) < 4.78 is 32.6. The fraction of sp³-hybridized carbons (Fsp3) is 0.435. The number of carbonyl (C=O) groups is 1. The lowest BCUT2D eigenvalue weighted by Gasteiger charge is -2.18. The Balaban J connectivity index is 1.69. The Bertz CT molecular complexity index is 998. The smallest absolute Gasteiger partial charge is 0.243 e. The van der Waals surface area contributed by atoms with Crippen LogP contribution < -0.4 is 10.1 Å².